The summed E-state index contributed by atoms with van der Waals surface area (Å²) in [4.78, 5) is 4.88. The molecule has 178 valence electrons. The minimum absolute atomic E-state index is 0.283. The lowest BCUT2D eigenvalue weighted by Crippen LogP contribution is -2.47. The van der Waals surface area contributed by atoms with E-state index in [-0.39, 0.29) is 17.7 Å². The molecule has 0 spiro atoms. The van der Waals surface area contributed by atoms with Gasteiger partial charge in [-0.3, -0.25) is 9.80 Å². The van der Waals surface area contributed by atoms with Gasteiger partial charge in [-0.2, -0.15) is 0 Å². The molecule has 0 bridgehead atoms. The first kappa shape index (κ1) is 24.3. The van der Waals surface area contributed by atoms with Gasteiger partial charge in [0.25, 0.3) is 0 Å². The molecule has 0 aliphatic carbocycles. The van der Waals surface area contributed by atoms with Gasteiger partial charge in [0.1, 0.15) is 17.7 Å². The molecule has 0 unspecified atom stereocenters. The molecule has 1 fully saturated rings. The second-order valence-corrected chi connectivity index (χ2v) is 8.66. The van der Waals surface area contributed by atoms with Gasteiger partial charge in [-0.05, 0) is 47.4 Å². The summed E-state index contributed by atoms with van der Waals surface area (Å²) in [6.45, 7) is 6.45. The third-order valence-electron chi connectivity index (χ3n) is 6.23. The van der Waals surface area contributed by atoms with Crippen molar-refractivity contribution in [3.05, 3.63) is 119 Å². The fourth-order valence-corrected chi connectivity index (χ4v) is 4.21. The van der Waals surface area contributed by atoms with E-state index in [2.05, 4.69) is 46.2 Å². The Morgan fingerprint density at radius 3 is 1.85 bits per heavy atom. The average molecular weight is 463 g/mol. The molecule has 1 saturated heterocycles. The first-order valence-corrected chi connectivity index (χ1v) is 11.9. The van der Waals surface area contributed by atoms with Crippen molar-refractivity contribution < 1.29 is 13.5 Å². The zero-order chi connectivity index (χ0) is 23.6. The van der Waals surface area contributed by atoms with Gasteiger partial charge in [0.15, 0.2) is 0 Å². The molecule has 3 aromatic rings. The predicted octanol–water partition coefficient (Wildman–Crippen LogP) is 5.49. The van der Waals surface area contributed by atoms with Crippen molar-refractivity contribution in [2.45, 2.75) is 12.5 Å². The van der Waals surface area contributed by atoms with Crippen LogP contribution >= 0.6 is 0 Å². The van der Waals surface area contributed by atoms with Crippen molar-refractivity contribution in [3.63, 3.8) is 0 Å². The Hall–Kier alpha value is -2.86. The summed E-state index contributed by atoms with van der Waals surface area (Å²) in [5, 5.41) is 0. The van der Waals surface area contributed by atoms with E-state index < -0.39 is 0 Å². The summed E-state index contributed by atoms with van der Waals surface area (Å²) in [5.41, 5.74) is 3.06. The summed E-state index contributed by atoms with van der Waals surface area (Å²) in [6.07, 6.45) is 5.14. The molecule has 3 aromatic carbocycles. The number of benzene rings is 3. The zero-order valence-corrected chi connectivity index (χ0v) is 19.5. The molecular weight excluding hydrogens is 430 g/mol. The van der Waals surface area contributed by atoms with Crippen molar-refractivity contribution in [1.29, 1.82) is 0 Å². The van der Waals surface area contributed by atoms with Crippen molar-refractivity contribution in [1.82, 2.24) is 9.80 Å². The number of rotatable bonds is 10. The standard InChI is InChI=1S/C29H32F2N2O/c30-27-13-9-25(10-14-27)29(26-11-15-28(31)16-12-26)34-23-22-33-20-18-32(19-21-33)17-5-4-8-24-6-2-1-3-7-24/h1-7,9-16,29H,8,17-23H2/b5-4+. The van der Waals surface area contributed by atoms with Crippen molar-refractivity contribution in [2.75, 3.05) is 45.9 Å². The van der Waals surface area contributed by atoms with Crippen LogP contribution in [0.25, 0.3) is 0 Å². The van der Waals surface area contributed by atoms with Crippen LogP contribution in [0.15, 0.2) is 91.0 Å². The van der Waals surface area contributed by atoms with Crippen LogP contribution < -0.4 is 0 Å². The van der Waals surface area contributed by atoms with E-state index in [1.165, 1.54) is 29.8 Å². The van der Waals surface area contributed by atoms with Crippen molar-refractivity contribution in [2.24, 2.45) is 0 Å². The maximum Gasteiger partial charge on any atom is 0.123 e. The Bertz CT molecular complexity index is 969. The summed E-state index contributed by atoms with van der Waals surface area (Å²) in [7, 11) is 0. The largest absolute Gasteiger partial charge is 0.367 e. The van der Waals surface area contributed by atoms with Crippen molar-refractivity contribution in [3.8, 4) is 0 Å². The Balaban J connectivity index is 1.22. The third kappa shape index (κ3) is 7.32. The van der Waals surface area contributed by atoms with Crippen molar-refractivity contribution >= 4 is 0 Å². The van der Waals surface area contributed by atoms with Gasteiger partial charge in [-0.25, -0.2) is 8.78 Å². The van der Waals surface area contributed by atoms with E-state index in [1.807, 2.05) is 6.07 Å². The normalized spacial score (nSPS) is 15.4. The molecule has 3 nitrogen and oxygen atoms in total. The lowest BCUT2D eigenvalue weighted by atomic mass is 10.0. The molecule has 0 radical (unpaired) electrons. The minimum Gasteiger partial charge on any atom is -0.367 e. The predicted molar refractivity (Wildman–Crippen MR) is 133 cm³/mol. The highest BCUT2D eigenvalue weighted by atomic mass is 19.1. The molecular formula is C29H32F2N2O. The lowest BCUT2D eigenvalue weighted by Gasteiger charge is -2.34. The van der Waals surface area contributed by atoms with Gasteiger partial charge in [0, 0.05) is 39.3 Å². The molecule has 34 heavy (non-hydrogen) atoms. The molecule has 0 saturated carbocycles. The van der Waals surface area contributed by atoms with Crippen LogP contribution in [0.3, 0.4) is 0 Å². The Morgan fingerprint density at radius 1 is 0.706 bits per heavy atom. The SMILES string of the molecule is Fc1ccc(C(OCCN2CCN(C/C=C/Cc3ccccc3)CC2)c2ccc(F)cc2)cc1. The van der Waals surface area contributed by atoms with E-state index in [1.54, 1.807) is 24.3 Å². The number of piperazine rings is 1. The van der Waals surface area contributed by atoms with Crippen LogP contribution in [0.2, 0.25) is 0 Å². The quantitative estimate of drug-likeness (QED) is 0.371. The fourth-order valence-electron chi connectivity index (χ4n) is 4.21. The van der Waals surface area contributed by atoms with Gasteiger partial charge in [0.2, 0.25) is 0 Å². The molecule has 0 N–H and O–H groups in total. The lowest BCUT2D eigenvalue weighted by molar-refractivity contribution is 0.0467. The second-order valence-electron chi connectivity index (χ2n) is 8.66. The second kappa shape index (κ2) is 12.6. The summed E-state index contributed by atoms with van der Waals surface area (Å²) < 4.78 is 33.0. The van der Waals surface area contributed by atoms with E-state index in [4.69, 9.17) is 4.74 Å². The van der Waals surface area contributed by atoms with E-state index in [0.717, 1.165) is 56.8 Å². The monoisotopic (exact) mass is 462 g/mol. The zero-order valence-electron chi connectivity index (χ0n) is 19.5. The number of hydrogen-bond donors (Lipinski definition) is 0. The highest BCUT2D eigenvalue weighted by molar-refractivity contribution is 5.30. The number of ether oxygens (including phenoxy) is 1. The fraction of sp³-hybridized carbons (Fsp3) is 0.310. The van der Waals surface area contributed by atoms with Crippen LogP contribution in [-0.4, -0.2) is 55.7 Å². The molecule has 1 aliphatic heterocycles. The van der Waals surface area contributed by atoms with E-state index in [0.29, 0.717) is 6.61 Å². The molecule has 1 aliphatic rings. The molecule has 1 heterocycles. The summed E-state index contributed by atoms with van der Waals surface area (Å²) in [5.74, 6) is -0.566. The molecule has 5 heteroatoms. The minimum atomic E-state index is -0.350. The Kier molecular flexibility index (Phi) is 8.97. The van der Waals surface area contributed by atoms with Gasteiger partial charge < -0.3 is 4.74 Å². The molecule has 0 amide bonds. The molecule has 0 atom stereocenters. The molecule has 4 rings (SSSR count). The third-order valence-corrected chi connectivity index (χ3v) is 6.23. The maximum absolute atomic E-state index is 13.4. The van der Waals surface area contributed by atoms with Gasteiger partial charge in [-0.15, -0.1) is 0 Å². The summed E-state index contributed by atoms with van der Waals surface area (Å²) in [6, 6.07) is 23.2. The Labute approximate surface area is 201 Å². The first-order valence-electron chi connectivity index (χ1n) is 11.9. The van der Waals surface area contributed by atoms with Gasteiger partial charge >= 0.3 is 0 Å². The number of hydrogen-bond acceptors (Lipinski definition) is 3. The molecule has 0 aromatic heterocycles. The summed E-state index contributed by atoms with van der Waals surface area (Å²) >= 11 is 0. The maximum atomic E-state index is 13.4. The Morgan fingerprint density at radius 2 is 1.26 bits per heavy atom. The van der Waals surface area contributed by atoms with E-state index in [9.17, 15) is 8.78 Å². The highest BCUT2D eigenvalue weighted by Gasteiger charge is 2.18. The van der Waals surface area contributed by atoms with Crippen LogP contribution in [0.4, 0.5) is 8.78 Å². The number of allylic oxidation sites excluding steroid dienone is 1. The average Bonchev–Trinajstić information content (AvgIpc) is 2.87. The first-order chi connectivity index (χ1) is 16.7. The number of halogens is 2. The van der Waals surface area contributed by atoms with Crippen LogP contribution in [-0.2, 0) is 11.2 Å². The smallest absolute Gasteiger partial charge is 0.123 e. The van der Waals surface area contributed by atoms with Crippen LogP contribution in [0, 0.1) is 11.6 Å². The van der Waals surface area contributed by atoms with Gasteiger partial charge in [-0.1, -0.05) is 66.7 Å². The highest BCUT2D eigenvalue weighted by Crippen LogP contribution is 2.26. The topological polar surface area (TPSA) is 15.7 Å². The van der Waals surface area contributed by atoms with Crippen LogP contribution in [0.5, 0.6) is 0 Å². The number of nitrogens with zero attached hydrogens (tertiary/aromatic N) is 2. The van der Waals surface area contributed by atoms with Gasteiger partial charge in [0.05, 0.1) is 6.61 Å². The van der Waals surface area contributed by atoms with E-state index >= 15 is 0 Å². The van der Waals surface area contributed by atoms with Crippen LogP contribution in [0.1, 0.15) is 22.8 Å².